The van der Waals surface area contributed by atoms with Crippen molar-refractivity contribution in [2.75, 3.05) is 67.2 Å². The van der Waals surface area contributed by atoms with Crippen LogP contribution in [0.1, 0.15) is 113 Å². The summed E-state index contributed by atoms with van der Waals surface area (Å²) in [5.41, 5.74) is 0.919. The number of amides is 1. The molecule has 3 rings (SSSR count). The van der Waals surface area contributed by atoms with Crippen LogP contribution >= 0.6 is 0 Å². The summed E-state index contributed by atoms with van der Waals surface area (Å²) in [7, 11) is 1.72. The fourth-order valence-corrected chi connectivity index (χ4v) is 10.9. The molecule has 0 aromatic heterocycles. The molecule has 2 aliphatic heterocycles. The van der Waals surface area contributed by atoms with E-state index in [2.05, 4.69) is 4.72 Å². The third-order valence-corrected chi connectivity index (χ3v) is 16.2. The molecule has 0 spiro atoms. The van der Waals surface area contributed by atoms with Gasteiger partial charge in [-0.25, -0.2) is 17.9 Å². The fraction of sp³-hybridized carbons (Fsp3) is 0.759. The van der Waals surface area contributed by atoms with Crippen LogP contribution in [-0.2, 0) is 67.2 Å². The first-order chi connectivity index (χ1) is 34.9. The normalized spacial score (nSPS) is 35.3. The second kappa shape index (κ2) is 31.6. The molecule has 2 fully saturated rings. The minimum Gasteiger partial charge on any atom is -0.460 e. The van der Waals surface area contributed by atoms with E-state index < -0.39 is 93.6 Å². The number of aliphatic hydroxyl groups is 3. The number of nitrogens with zero attached hydrogens (tertiary/aromatic N) is 1. The molecule has 0 aromatic carbocycles. The number of cyclic esters (lactones) is 1. The SMILES string of the molecule is COCCOCCS(=O)(=O)NC1C[C@H]2CC[C@H](C)[C@](O)(O2)C(=O)C(=O)N(C)C(C)C(=O)OC([C@H](C)C[C@@H]2CC[C@@H](OCCO)[C@H](OC)C2)CC(=O)C(C)/C=C(/C)C(O)C(OC)C(=O)C(C)CC\C=C/C=C\C=C/1C. The van der Waals surface area contributed by atoms with E-state index in [1.54, 1.807) is 72.1 Å². The number of nitrogens with one attached hydrogen (secondary N) is 1. The number of methoxy groups -OCH3 is 3. The van der Waals surface area contributed by atoms with Crippen LogP contribution in [0.2, 0.25) is 0 Å². The zero-order chi connectivity index (χ0) is 55.3. The zero-order valence-corrected chi connectivity index (χ0v) is 46.5. The first-order valence-electron chi connectivity index (χ1n) is 26.1. The predicted octanol–water partition coefficient (Wildman–Crippen LogP) is 4.35. The van der Waals surface area contributed by atoms with Crippen LogP contribution in [-0.4, -0.2) is 180 Å². The maximum absolute atomic E-state index is 14.2. The summed E-state index contributed by atoms with van der Waals surface area (Å²) in [6.45, 7) is 12.0. The molecule has 1 saturated heterocycles. The van der Waals surface area contributed by atoms with Gasteiger partial charge in [0.25, 0.3) is 11.7 Å². The van der Waals surface area contributed by atoms with Crippen LogP contribution in [0.15, 0.2) is 47.6 Å². The van der Waals surface area contributed by atoms with Crippen LogP contribution in [0.25, 0.3) is 0 Å². The van der Waals surface area contributed by atoms with Gasteiger partial charge in [0.15, 0.2) is 5.78 Å². The Bertz CT molecular complexity index is 2060. The molecule has 1 amide bonds. The van der Waals surface area contributed by atoms with Crippen molar-refractivity contribution < 1.29 is 80.9 Å². The second-order valence-electron chi connectivity index (χ2n) is 20.5. The molecule has 2 bridgehead atoms. The first-order valence-corrected chi connectivity index (χ1v) is 27.8. The number of ether oxygens (including phenoxy) is 7. The number of fused-ring (bicyclic) bond motifs is 2. The molecule has 1 aliphatic carbocycles. The Balaban J connectivity index is 2.03. The van der Waals surface area contributed by atoms with Crippen LogP contribution < -0.4 is 4.72 Å². The maximum Gasteiger partial charge on any atom is 0.328 e. The molecule has 3 aliphatic rings. The standard InChI is InChI=1S/C54H88N2O17S/c1-34-17-15-13-12-14-16-18-35(2)48(59)50(69-11)49(60)38(5)29-36(3)44(58)33-46(37(4)30-41-20-22-45(71-24-23-57)47(31-41)68-10)72-53(63)40(7)56(8)52(62)51(61)54(64)39(6)19-21-42(73-54)32-43(34)55-74(65,66)28-27-70-26-25-67-9/h12-15,17,29,35-37,39-43,45-47,49-50,55,57,60,64H,16,18-28,30-33H2,1-11H3/b14-12-,15-13-,34-17-,38-29-/t35?,36?,37-,39+,40?,41+,42-,43?,45-,46?,47-,49?,50?,54+/m1/s1. The number of allylic oxidation sites excluding steroid dienone is 6. The molecule has 422 valence electrons. The number of aliphatic hydroxyl groups excluding tert-OH is 2. The molecule has 74 heavy (non-hydrogen) atoms. The molecule has 14 atom stereocenters. The smallest absolute Gasteiger partial charge is 0.328 e. The Kier molecular flexibility index (Phi) is 27.7. The van der Waals surface area contributed by atoms with Crippen molar-refractivity contribution in [3.63, 3.8) is 0 Å². The Morgan fingerprint density at radius 2 is 1.59 bits per heavy atom. The van der Waals surface area contributed by atoms with Crippen molar-refractivity contribution in [1.82, 2.24) is 9.62 Å². The predicted molar refractivity (Wildman–Crippen MR) is 277 cm³/mol. The van der Waals surface area contributed by atoms with Crippen molar-refractivity contribution in [2.45, 2.75) is 167 Å². The zero-order valence-electron chi connectivity index (χ0n) is 45.7. The lowest BCUT2D eigenvalue weighted by Gasteiger charge is -2.42. The van der Waals surface area contributed by atoms with Crippen molar-refractivity contribution in [1.29, 1.82) is 0 Å². The van der Waals surface area contributed by atoms with Gasteiger partial charge in [0.2, 0.25) is 15.8 Å². The highest BCUT2D eigenvalue weighted by Crippen LogP contribution is 2.37. The van der Waals surface area contributed by atoms with E-state index in [0.717, 1.165) is 11.3 Å². The van der Waals surface area contributed by atoms with Gasteiger partial charge in [-0.1, -0.05) is 69.7 Å². The summed E-state index contributed by atoms with van der Waals surface area (Å²) in [6, 6.07) is -2.26. The number of Topliss-reactive ketones (excluding diaryl/α,β-unsaturated/α-hetero) is 3. The van der Waals surface area contributed by atoms with Gasteiger partial charge in [0.05, 0.1) is 57.1 Å². The van der Waals surface area contributed by atoms with Crippen LogP contribution in [0, 0.1) is 29.6 Å². The molecular formula is C54H88N2O17S. The van der Waals surface area contributed by atoms with Gasteiger partial charge in [-0.05, 0) is 96.0 Å². The van der Waals surface area contributed by atoms with Gasteiger partial charge < -0.3 is 53.4 Å². The number of carbonyl (C=O) groups is 5. The minimum absolute atomic E-state index is 0.0229. The number of sulfonamides is 1. The molecule has 1 saturated carbocycles. The van der Waals surface area contributed by atoms with Crippen molar-refractivity contribution in [2.24, 2.45) is 29.6 Å². The molecule has 2 heterocycles. The lowest BCUT2D eigenvalue weighted by molar-refractivity contribution is -0.263. The van der Waals surface area contributed by atoms with Gasteiger partial charge in [-0.2, -0.15) is 0 Å². The lowest BCUT2D eigenvalue weighted by Crippen LogP contribution is -2.59. The molecule has 7 unspecified atom stereocenters. The summed E-state index contributed by atoms with van der Waals surface area (Å²) in [5.74, 6) is -9.55. The van der Waals surface area contributed by atoms with Gasteiger partial charge in [-0.15, -0.1) is 0 Å². The molecule has 0 radical (unpaired) electrons. The van der Waals surface area contributed by atoms with Crippen molar-refractivity contribution in [3.8, 4) is 0 Å². The Morgan fingerprint density at radius 3 is 2.26 bits per heavy atom. The Hall–Kier alpha value is -3.54. The monoisotopic (exact) mass is 1070 g/mol. The van der Waals surface area contributed by atoms with E-state index in [-0.39, 0.29) is 87.7 Å². The van der Waals surface area contributed by atoms with E-state index in [1.807, 2.05) is 13.0 Å². The number of hydrogen-bond donors (Lipinski definition) is 4. The lowest BCUT2D eigenvalue weighted by atomic mass is 9.78. The van der Waals surface area contributed by atoms with E-state index >= 15 is 0 Å². The third-order valence-electron chi connectivity index (χ3n) is 14.8. The van der Waals surface area contributed by atoms with E-state index in [1.165, 1.54) is 28.2 Å². The van der Waals surface area contributed by atoms with Crippen molar-refractivity contribution >= 4 is 39.2 Å². The van der Waals surface area contributed by atoms with Gasteiger partial charge >= 0.3 is 5.97 Å². The van der Waals surface area contributed by atoms with Crippen LogP contribution in [0.5, 0.6) is 0 Å². The maximum atomic E-state index is 14.2. The second-order valence-corrected chi connectivity index (χ2v) is 22.4. The van der Waals surface area contributed by atoms with Crippen LogP contribution in [0.4, 0.5) is 0 Å². The number of esters is 1. The average molecular weight is 1070 g/mol. The largest absolute Gasteiger partial charge is 0.460 e. The average Bonchev–Trinajstić information content (AvgIpc) is 3.36. The highest BCUT2D eigenvalue weighted by Gasteiger charge is 2.52. The van der Waals surface area contributed by atoms with Crippen molar-refractivity contribution in [3.05, 3.63) is 47.6 Å². The number of rotatable bonds is 16. The summed E-state index contributed by atoms with van der Waals surface area (Å²) >= 11 is 0. The summed E-state index contributed by atoms with van der Waals surface area (Å²) < 4.78 is 69.3. The van der Waals surface area contributed by atoms with Gasteiger partial charge in [-0.3, -0.25) is 19.2 Å². The molecule has 0 aromatic rings. The fourth-order valence-electron chi connectivity index (χ4n) is 9.70. The Labute approximate surface area is 439 Å². The number of ketones is 3. The Morgan fingerprint density at radius 1 is 0.878 bits per heavy atom. The summed E-state index contributed by atoms with van der Waals surface area (Å²) in [6.07, 6.45) is 9.27. The topological polar surface area (TPSA) is 260 Å². The van der Waals surface area contributed by atoms with E-state index in [4.69, 9.17) is 33.2 Å². The highest BCUT2D eigenvalue weighted by atomic mass is 32.2. The minimum atomic E-state index is -3.95. The van der Waals surface area contributed by atoms with Gasteiger partial charge in [0, 0.05) is 58.6 Å². The van der Waals surface area contributed by atoms with Gasteiger partial charge in [0.1, 0.15) is 30.1 Å². The van der Waals surface area contributed by atoms with Crippen LogP contribution in [0.3, 0.4) is 0 Å². The quantitative estimate of drug-likeness (QED) is 0.0725. The highest BCUT2D eigenvalue weighted by molar-refractivity contribution is 7.89. The number of likely N-dealkylation sites (N-methyl/N-ethyl adjacent to an activating group) is 1. The van der Waals surface area contributed by atoms with E-state index in [0.29, 0.717) is 49.7 Å². The third kappa shape index (κ3) is 19.5. The number of carbonyl (C=O) groups excluding carboxylic acids is 5. The molecule has 4 N–H and O–H groups in total. The first kappa shape index (κ1) is 64.7. The molecule has 19 nitrogen and oxygen atoms in total. The molecular weight excluding hydrogens is 981 g/mol. The molecule has 20 heteroatoms. The summed E-state index contributed by atoms with van der Waals surface area (Å²) in [4.78, 5) is 71.0. The van der Waals surface area contributed by atoms with E-state index in [9.17, 15) is 47.7 Å². The summed E-state index contributed by atoms with van der Waals surface area (Å²) in [5, 5.41) is 32.7. The number of hydrogen-bond acceptors (Lipinski definition) is 17.